The van der Waals surface area contributed by atoms with Gasteiger partial charge in [-0.1, -0.05) is 30.3 Å². The van der Waals surface area contributed by atoms with Crippen molar-refractivity contribution >= 4 is 5.97 Å². The van der Waals surface area contributed by atoms with Gasteiger partial charge >= 0.3 is 5.97 Å². The van der Waals surface area contributed by atoms with Crippen molar-refractivity contribution in [2.75, 3.05) is 6.61 Å². The molecule has 1 radical (unpaired) electrons. The van der Waals surface area contributed by atoms with Gasteiger partial charge in [0, 0.05) is 0 Å². The molecule has 0 aliphatic carbocycles. The van der Waals surface area contributed by atoms with Gasteiger partial charge < -0.3 is 9.47 Å². The van der Waals surface area contributed by atoms with Crippen molar-refractivity contribution in [1.29, 1.82) is 0 Å². The highest BCUT2D eigenvalue weighted by Crippen LogP contribution is 2.13. The molecule has 0 saturated carbocycles. The van der Waals surface area contributed by atoms with Gasteiger partial charge in [-0.05, 0) is 5.56 Å². The maximum Gasteiger partial charge on any atom is 0.313 e. The van der Waals surface area contributed by atoms with Crippen LogP contribution in [-0.2, 0) is 20.9 Å². The third-order valence-corrected chi connectivity index (χ3v) is 1.91. The Labute approximate surface area is 82.6 Å². The summed E-state index contributed by atoms with van der Waals surface area (Å²) in [6.45, 7) is 0.962. The lowest BCUT2D eigenvalue weighted by atomic mass is 10.2. The van der Waals surface area contributed by atoms with Crippen molar-refractivity contribution in [3.63, 3.8) is 0 Å². The van der Waals surface area contributed by atoms with Crippen molar-refractivity contribution in [1.82, 2.24) is 0 Å². The lowest BCUT2D eigenvalue weighted by molar-refractivity contribution is -0.141. The number of ether oxygens (including phenoxy) is 2. The van der Waals surface area contributed by atoms with E-state index in [9.17, 15) is 4.79 Å². The highest BCUT2D eigenvalue weighted by Gasteiger charge is 2.26. The summed E-state index contributed by atoms with van der Waals surface area (Å²) >= 11 is 0. The molecule has 0 N–H and O–H groups in total. The third kappa shape index (κ3) is 2.85. The van der Waals surface area contributed by atoms with E-state index in [0.717, 1.165) is 5.56 Å². The van der Waals surface area contributed by atoms with Crippen LogP contribution in [0.25, 0.3) is 0 Å². The summed E-state index contributed by atoms with van der Waals surface area (Å²) in [4.78, 5) is 11.1. The first-order valence-electron chi connectivity index (χ1n) is 4.52. The minimum atomic E-state index is -0.309. The smallest absolute Gasteiger partial charge is 0.313 e. The quantitative estimate of drug-likeness (QED) is 0.532. The van der Waals surface area contributed by atoms with Crippen molar-refractivity contribution in [3.8, 4) is 0 Å². The number of carbonyl (C=O) groups is 1. The van der Waals surface area contributed by atoms with E-state index in [1.165, 1.54) is 6.42 Å². The van der Waals surface area contributed by atoms with Gasteiger partial charge in [-0.2, -0.15) is 0 Å². The van der Waals surface area contributed by atoms with E-state index in [1.807, 2.05) is 30.3 Å². The summed E-state index contributed by atoms with van der Waals surface area (Å²) in [7, 11) is 0. The fourth-order valence-electron chi connectivity index (χ4n) is 1.08. The van der Waals surface area contributed by atoms with Crippen LogP contribution >= 0.6 is 0 Å². The number of hydrogen-bond donors (Lipinski definition) is 0. The highest BCUT2D eigenvalue weighted by molar-refractivity contribution is 5.80. The molecule has 1 aromatic rings. The largest absolute Gasteiger partial charge is 0.461 e. The first kappa shape index (κ1) is 9.21. The van der Waals surface area contributed by atoms with E-state index in [2.05, 4.69) is 0 Å². The second-order valence-electron chi connectivity index (χ2n) is 3.13. The lowest BCUT2D eigenvalue weighted by Gasteiger charge is -2.02. The molecule has 0 amide bonds. The number of epoxide rings is 1. The van der Waals surface area contributed by atoms with Crippen LogP contribution in [0.2, 0.25) is 0 Å². The molecule has 14 heavy (non-hydrogen) atoms. The van der Waals surface area contributed by atoms with Crippen molar-refractivity contribution in [3.05, 3.63) is 42.3 Å². The first-order valence-corrected chi connectivity index (χ1v) is 4.52. The van der Waals surface area contributed by atoms with Crippen LogP contribution in [0.1, 0.15) is 5.56 Å². The van der Waals surface area contributed by atoms with Crippen molar-refractivity contribution < 1.29 is 14.3 Å². The molecular weight excluding hydrogens is 180 g/mol. The van der Waals surface area contributed by atoms with Crippen LogP contribution in [0, 0.1) is 6.42 Å². The molecule has 1 aromatic carbocycles. The van der Waals surface area contributed by atoms with Gasteiger partial charge in [-0.3, -0.25) is 4.79 Å². The van der Waals surface area contributed by atoms with E-state index >= 15 is 0 Å². The summed E-state index contributed by atoms with van der Waals surface area (Å²) in [5, 5.41) is 0. The second kappa shape index (κ2) is 4.24. The molecule has 1 heterocycles. The Bertz CT molecular complexity index is 304. The van der Waals surface area contributed by atoms with E-state index in [1.54, 1.807) is 0 Å². The molecule has 1 aliphatic heterocycles. The molecule has 0 aromatic heterocycles. The summed E-state index contributed by atoms with van der Waals surface area (Å²) in [6.07, 6.45) is 1.45. The van der Waals surface area contributed by atoms with Crippen LogP contribution in [0.5, 0.6) is 0 Å². The normalized spacial score (nSPS) is 19.0. The zero-order chi connectivity index (χ0) is 9.80. The Kier molecular flexibility index (Phi) is 2.79. The van der Waals surface area contributed by atoms with Crippen molar-refractivity contribution in [2.45, 2.75) is 12.7 Å². The van der Waals surface area contributed by atoms with Gasteiger partial charge in [-0.25, -0.2) is 0 Å². The molecule has 1 aliphatic rings. The molecule has 1 atom stereocenters. The topological polar surface area (TPSA) is 38.8 Å². The molecule has 1 unspecified atom stereocenters. The van der Waals surface area contributed by atoms with Crippen LogP contribution in [0.15, 0.2) is 30.3 Å². The van der Waals surface area contributed by atoms with Crippen LogP contribution < -0.4 is 0 Å². The van der Waals surface area contributed by atoms with Gasteiger partial charge in [0.05, 0.1) is 12.7 Å². The van der Waals surface area contributed by atoms with Crippen molar-refractivity contribution in [2.24, 2.45) is 0 Å². The monoisotopic (exact) mass is 191 g/mol. The number of rotatable bonds is 4. The summed E-state index contributed by atoms with van der Waals surface area (Å²) in [5.74, 6) is -0.309. The number of esters is 1. The molecule has 3 nitrogen and oxygen atoms in total. The Morgan fingerprint density at radius 1 is 1.50 bits per heavy atom. The lowest BCUT2D eigenvalue weighted by Crippen LogP contribution is -2.08. The Hall–Kier alpha value is -1.35. The maximum atomic E-state index is 11.1. The Balaban J connectivity index is 1.73. The number of carbonyl (C=O) groups excluding carboxylic acids is 1. The van der Waals surface area contributed by atoms with Crippen LogP contribution in [0.3, 0.4) is 0 Å². The molecule has 0 spiro atoms. The minimum absolute atomic E-state index is 0.0155. The first-order chi connectivity index (χ1) is 6.84. The molecule has 2 rings (SSSR count). The van der Waals surface area contributed by atoms with Crippen LogP contribution in [-0.4, -0.2) is 18.7 Å². The number of hydrogen-bond acceptors (Lipinski definition) is 3. The Morgan fingerprint density at radius 3 is 2.86 bits per heavy atom. The molecule has 3 heteroatoms. The fraction of sp³-hybridized carbons (Fsp3) is 0.273. The zero-order valence-electron chi connectivity index (χ0n) is 7.68. The fourth-order valence-corrected chi connectivity index (χ4v) is 1.08. The molecule has 1 fully saturated rings. The third-order valence-electron chi connectivity index (χ3n) is 1.91. The molecule has 0 bridgehead atoms. The van der Waals surface area contributed by atoms with E-state index in [0.29, 0.717) is 13.2 Å². The maximum absolute atomic E-state index is 11.1. The van der Waals surface area contributed by atoms with E-state index in [-0.39, 0.29) is 12.1 Å². The molecule has 1 saturated heterocycles. The predicted molar refractivity (Wildman–Crippen MR) is 50.3 cm³/mol. The highest BCUT2D eigenvalue weighted by atomic mass is 16.6. The average molecular weight is 191 g/mol. The summed E-state index contributed by atoms with van der Waals surface area (Å²) in [6, 6.07) is 9.59. The molecule has 73 valence electrons. The van der Waals surface area contributed by atoms with Crippen LogP contribution in [0.4, 0.5) is 0 Å². The van der Waals surface area contributed by atoms with Gasteiger partial charge in [0.25, 0.3) is 0 Å². The SMILES string of the molecule is O=C([CH]C1CO1)OCc1ccccc1. The zero-order valence-corrected chi connectivity index (χ0v) is 7.68. The molecular formula is C11H11O3. The summed E-state index contributed by atoms with van der Waals surface area (Å²) < 4.78 is 9.88. The van der Waals surface area contributed by atoms with Gasteiger partial charge in [0.1, 0.15) is 13.0 Å². The second-order valence-corrected chi connectivity index (χ2v) is 3.13. The minimum Gasteiger partial charge on any atom is -0.461 e. The summed E-state index contributed by atoms with van der Waals surface area (Å²) in [5.41, 5.74) is 0.992. The van der Waals surface area contributed by atoms with E-state index in [4.69, 9.17) is 9.47 Å². The predicted octanol–water partition coefficient (Wildman–Crippen LogP) is 1.33. The van der Waals surface area contributed by atoms with Gasteiger partial charge in [0.15, 0.2) is 0 Å². The standard InChI is InChI=1S/C11H11O3/c12-11(6-10-8-13-10)14-7-9-4-2-1-3-5-9/h1-6,10H,7-8H2. The number of benzene rings is 1. The Morgan fingerprint density at radius 2 is 2.21 bits per heavy atom. The average Bonchev–Trinajstić information content (AvgIpc) is 3.00. The van der Waals surface area contributed by atoms with Gasteiger partial charge in [-0.15, -0.1) is 0 Å². The van der Waals surface area contributed by atoms with E-state index < -0.39 is 0 Å². The van der Waals surface area contributed by atoms with Gasteiger partial charge in [0.2, 0.25) is 0 Å².